The van der Waals surface area contributed by atoms with E-state index in [0.717, 1.165) is 6.07 Å². The Kier molecular flexibility index (Phi) is 4.11. The molecule has 10 heteroatoms. The van der Waals surface area contributed by atoms with Crippen LogP contribution in [-0.2, 0) is 6.18 Å². The van der Waals surface area contributed by atoms with Gasteiger partial charge in [-0.25, -0.2) is 9.50 Å². The Hall–Kier alpha value is -3.27. The number of pyridine rings is 1. The summed E-state index contributed by atoms with van der Waals surface area (Å²) in [5, 5.41) is 8.11. The van der Waals surface area contributed by atoms with Crippen LogP contribution in [0.2, 0.25) is 0 Å². The molecule has 0 radical (unpaired) electrons. The normalized spacial score (nSPS) is 11.7. The minimum Gasteiger partial charge on any atom is -0.320 e. The van der Waals surface area contributed by atoms with Crippen LogP contribution >= 0.6 is 11.3 Å². The van der Waals surface area contributed by atoms with Crippen molar-refractivity contribution in [3.05, 3.63) is 65.6 Å². The number of aromatic nitrogens is 4. The number of hydrogen-bond acceptors (Lipinski definition) is 5. The first-order chi connectivity index (χ1) is 12.9. The highest BCUT2D eigenvalue weighted by Gasteiger charge is 2.35. The second-order valence-corrected chi connectivity index (χ2v) is 6.44. The molecule has 4 heterocycles. The summed E-state index contributed by atoms with van der Waals surface area (Å²) < 4.78 is 41.1. The molecule has 0 saturated carbocycles. The number of nitrogens with one attached hydrogen (secondary N) is 1. The number of thiophene rings is 1. The SMILES string of the molecule is O=C(Nc1ccncc1)c1cc2nc(-c3cccs3)cc(C(F)(F)F)n2n1. The van der Waals surface area contributed by atoms with Crippen LogP contribution in [0.25, 0.3) is 16.2 Å². The third-order valence-corrected chi connectivity index (χ3v) is 4.55. The van der Waals surface area contributed by atoms with Crippen molar-refractivity contribution in [2.24, 2.45) is 0 Å². The number of rotatable bonds is 3. The smallest absolute Gasteiger partial charge is 0.320 e. The second kappa shape index (κ2) is 6.47. The number of nitrogens with zero attached hydrogens (tertiary/aromatic N) is 4. The zero-order chi connectivity index (χ0) is 19.0. The Morgan fingerprint density at radius 3 is 2.59 bits per heavy atom. The van der Waals surface area contributed by atoms with Crippen LogP contribution in [0.4, 0.5) is 18.9 Å². The molecule has 0 aliphatic carbocycles. The van der Waals surface area contributed by atoms with Crippen molar-refractivity contribution >= 4 is 28.6 Å². The lowest BCUT2D eigenvalue weighted by atomic mass is 10.2. The first-order valence-corrected chi connectivity index (χ1v) is 8.53. The molecule has 4 rings (SSSR count). The summed E-state index contributed by atoms with van der Waals surface area (Å²) in [6.45, 7) is 0. The molecular weight excluding hydrogens is 379 g/mol. The topological polar surface area (TPSA) is 72.2 Å². The molecule has 0 aliphatic rings. The highest BCUT2D eigenvalue weighted by atomic mass is 32.1. The van der Waals surface area contributed by atoms with E-state index in [0.29, 0.717) is 15.1 Å². The number of fused-ring (bicyclic) bond motifs is 1. The van der Waals surface area contributed by atoms with Gasteiger partial charge in [0.15, 0.2) is 17.0 Å². The molecule has 0 saturated heterocycles. The molecule has 0 aromatic carbocycles. The van der Waals surface area contributed by atoms with Crippen molar-refractivity contribution in [2.75, 3.05) is 5.32 Å². The van der Waals surface area contributed by atoms with Gasteiger partial charge >= 0.3 is 6.18 Å². The zero-order valence-corrected chi connectivity index (χ0v) is 14.3. The number of carbonyl (C=O) groups excluding carboxylic acids is 1. The van der Waals surface area contributed by atoms with Crippen LogP contribution in [0.5, 0.6) is 0 Å². The van der Waals surface area contributed by atoms with Gasteiger partial charge in [-0.2, -0.15) is 18.3 Å². The number of amides is 1. The van der Waals surface area contributed by atoms with E-state index < -0.39 is 17.8 Å². The average molecular weight is 389 g/mol. The Bertz CT molecular complexity index is 1110. The molecule has 0 unspecified atom stereocenters. The lowest BCUT2D eigenvalue weighted by Crippen LogP contribution is -2.15. The van der Waals surface area contributed by atoms with E-state index in [2.05, 4.69) is 20.4 Å². The van der Waals surface area contributed by atoms with Crippen LogP contribution in [0, 0.1) is 0 Å². The number of alkyl halides is 3. The van der Waals surface area contributed by atoms with E-state index in [1.807, 2.05) is 0 Å². The highest BCUT2D eigenvalue weighted by Crippen LogP contribution is 2.33. The van der Waals surface area contributed by atoms with Crippen molar-refractivity contribution in [1.29, 1.82) is 0 Å². The van der Waals surface area contributed by atoms with Crippen molar-refractivity contribution in [3.63, 3.8) is 0 Å². The van der Waals surface area contributed by atoms with Crippen molar-refractivity contribution < 1.29 is 18.0 Å². The summed E-state index contributed by atoms with van der Waals surface area (Å²) >= 11 is 1.27. The van der Waals surface area contributed by atoms with Gasteiger partial charge in [-0.1, -0.05) is 6.07 Å². The van der Waals surface area contributed by atoms with Crippen LogP contribution in [0.1, 0.15) is 16.2 Å². The molecular formula is C17H10F3N5OS. The molecule has 6 nitrogen and oxygen atoms in total. The van der Waals surface area contributed by atoms with Gasteiger partial charge in [-0.05, 0) is 29.6 Å². The Morgan fingerprint density at radius 1 is 1.15 bits per heavy atom. The fourth-order valence-electron chi connectivity index (χ4n) is 2.47. The van der Waals surface area contributed by atoms with E-state index in [4.69, 9.17) is 0 Å². The second-order valence-electron chi connectivity index (χ2n) is 5.49. The first kappa shape index (κ1) is 17.2. The number of carbonyl (C=O) groups is 1. The third-order valence-electron chi connectivity index (χ3n) is 3.66. The zero-order valence-electron chi connectivity index (χ0n) is 13.4. The number of anilines is 1. The Labute approximate surface area is 154 Å². The van der Waals surface area contributed by atoms with Crippen molar-refractivity contribution in [3.8, 4) is 10.6 Å². The van der Waals surface area contributed by atoms with Gasteiger partial charge in [0.25, 0.3) is 5.91 Å². The van der Waals surface area contributed by atoms with E-state index in [-0.39, 0.29) is 17.0 Å². The largest absolute Gasteiger partial charge is 0.433 e. The number of halogens is 3. The maximum Gasteiger partial charge on any atom is 0.433 e. The molecule has 1 amide bonds. The first-order valence-electron chi connectivity index (χ1n) is 7.65. The van der Waals surface area contributed by atoms with Gasteiger partial charge in [0.05, 0.1) is 10.6 Å². The molecule has 0 fully saturated rings. The third kappa shape index (κ3) is 3.38. The monoisotopic (exact) mass is 389 g/mol. The van der Waals surface area contributed by atoms with E-state index in [1.54, 1.807) is 29.6 Å². The maximum absolute atomic E-state index is 13.5. The summed E-state index contributed by atoms with van der Waals surface area (Å²) in [5.41, 5.74) is -0.610. The van der Waals surface area contributed by atoms with E-state index in [1.165, 1.54) is 29.8 Å². The predicted octanol–water partition coefficient (Wildman–Crippen LogP) is 4.12. The molecule has 4 aromatic heterocycles. The van der Waals surface area contributed by atoms with Gasteiger partial charge in [-0.3, -0.25) is 9.78 Å². The van der Waals surface area contributed by atoms with Crippen LogP contribution in [0.3, 0.4) is 0 Å². The predicted molar refractivity (Wildman–Crippen MR) is 93.5 cm³/mol. The molecule has 27 heavy (non-hydrogen) atoms. The standard InChI is InChI=1S/C17H10F3N5OS/c18-17(19,20)14-8-11(13-2-1-7-27-13)23-15-9-12(24-25(14)15)16(26)22-10-3-5-21-6-4-10/h1-9H,(H,21,22,26). The minimum absolute atomic E-state index is 0.0619. The van der Waals surface area contributed by atoms with Crippen LogP contribution in [-0.4, -0.2) is 25.5 Å². The average Bonchev–Trinajstić information content (AvgIpc) is 3.30. The summed E-state index contributed by atoms with van der Waals surface area (Å²) in [4.78, 5) is 21.0. The molecule has 4 aromatic rings. The molecule has 0 atom stereocenters. The molecule has 0 spiro atoms. The Morgan fingerprint density at radius 2 is 1.93 bits per heavy atom. The van der Waals surface area contributed by atoms with Crippen LogP contribution < -0.4 is 5.32 Å². The molecule has 0 bridgehead atoms. The van der Waals surface area contributed by atoms with Gasteiger partial charge in [0.1, 0.15) is 0 Å². The molecule has 0 aliphatic heterocycles. The Balaban J connectivity index is 1.80. The lowest BCUT2D eigenvalue weighted by molar-refractivity contribution is -0.142. The van der Waals surface area contributed by atoms with Gasteiger partial charge < -0.3 is 5.32 Å². The van der Waals surface area contributed by atoms with Crippen LogP contribution in [0.15, 0.2) is 54.2 Å². The minimum atomic E-state index is -4.65. The van der Waals surface area contributed by atoms with E-state index in [9.17, 15) is 18.0 Å². The van der Waals surface area contributed by atoms with Crippen molar-refractivity contribution in [2.45, 2.75) is 6.18 Å². The fourth-order valence-corrected chi connectivity index (χ4v) is 3.15. The van der Waals surface area contributed by atoms with Gasteiger partial charge in [0, 0.05) is 24.1 Å². The molecule has 136 valence electrons. The van der Waals surface area contributed by atoms with Crippen molar-refractivity contribution in [1.82, 2.24) is 19.6 Å². The summed E-state index contributed by atoms with van der Waals surface area (Å²) in [7, 11) is 0. The highest BCUT2D eigenvalue weighted by molar-refractivity contribution is 7.13. The summed E-state index contributed by atoms with van der Waals surface area (Å²) in [6.07, 6.45) is -1.69. The lowest BCUT2D eigenvalue weighted by Gasteiger charge is -2.10. The van der Waals surface area contributed by atoms with Gasteiger partial charge in [0.2, 0.25) is 0 Å². The maximum atomic E-state index is 13.5. The summed E-state index contributed by atoms with van der Waals surface area (Å²) in [6, 6.07) is 8.67. The molecule has 1 N–H and O–H groups in total. The fraction of sp³-hybridized carbons (Fsp3) is 0.0588. The quantitative estimate of drug-likeness (QED) is 0.572. The number of hydrogen-bond donors (Lipinski definition) is 1. The van der Waals surface area contributed by atoms with Gasteiger partial charge in [-0.15, -0.1) is 11.3 Å². The van der Waals surface area contributed by atoms with E-state index >= 15 is 0 Å². The summed E-state index contributed by atoms with van der Waals surface area (Å²) in [5.74, 6) is -0.641.